The summed E-state index contributed by atoms with van der Waals surface area (Å²) in [7, 11) is 0. The molecule has 0 radical (unpaired) electrons. The second-order valence-electron chi connectivity index (χ2n) is 7.64. The molecule has 1 saturated heterocycles. The van der Waals surface area contributed by atoms with Gasteiger partial charge in [-0.25, -0.2) is 0 Å². The van der Waals surface area contributed by atoms with E-state index in [1.54, 1.807) is 0 Å². The maximum absolute atomic E-state index is 12.9. The second-order valence-corrected chi connectivity index (χ2v) is 7.64. The van der Waals surface area contributed by atoms with Crippen molar-refractivity contribution in [1.29, 1.82) is 0 Å². The molecule has 0 aromatic carbocycles. The zero-order chi connectivity index (χ0) is 15.8. The largest absolute Gasteiger partial charge is 0.334 e. The van der Waals surface area contributed by atoms with E-state index < -0.39 is 0 Å². The van der Waals surface area contributed by atoms with Gasteiger partial charge < -0.3 is 9.47 Å². The van der Waals surface area contributed by atoms with Crippen LogP contribution in [0.5, 0.6) is 0 Å². The third kappa shape index (κ3) is 2.79. The fraction of sp³-hybridized carbons (Fsp3) is 0.833. The zero-order valence-electron chi connectivity index (χ0n) is 14.2. The Morgan fingerprint density at radius 1 is 1.13 bits per heavy atom. The monoisotopic (exact) mass is 316 g/mol. The molecular weight excluding hydrogens is 288 g/mol. The number of aryl methyl sites for hydroxylation is 1. The van der Waals surface area contributed by atoms with E-state index in [9.17, 15) is 4.79 Å². The molecule has 4 rings (SSSR count). The molecule has 2 atom stereocenters. The first-order chi connectivity index (χ1) is 11.3. The van der Waals surface area contributed by atoms with Crippen molar-refractivity contribution in [3.63, 3.8) is 0 Å². The van der Waals surface area contributed by atoms with Crippen LogP contribution in [-0.4, -0.2) is 37.7 Å². The maximum atomic E-state index is 12.9. The molecule has 2 fully saturated rings. The summed E-state index contributed by atoms with van der Waals surface area (Å²) in [5, 5.41) is 8.81. The lowest BCUT2D eigenvalue weighted by molar-refractivity contribution is -0.135. The van der Waals surface area contributed by atoms with Gasteiger partial charge >= 0.3 is 0 Å². The van der Waals surface area contributed by atoms with Crippen molar-refractivity contribution < 1.29 is 4.79 Å². The van der Waals surface area contributed by atoms with Gasteiger partial charge in [-0.2, -0.15) is 0 Å². The summed E-state index contributed by atoms with van der Waals surface area (Å²) in [6.07, 6.45) is 11.2. The summed E-state index contributed by atoms with van der Waals surface area (Å²) < 4.78 is 2.31. The van der Waals surface area contributed by atoms with Crippen molar-refractivity contribution >= 4 is 5.91 Å². The molecule has 1 aromatic heterocycles. The fourth-order valence-corrected chi connectivity index (χ4v) is 4.88. The number of amides is 1. The van der Waals surface area contributed by atoms with Crippen molar-refractivity contribution in [3.8, 4) is 0 Å². The normalized spacial score (nSPS) is 27.3. The van der Waals surface area contributed by atoms with Crippen molar-refractivity contribution in [2.45, 2.75) is 89.8 Å². The molecule has 23 heavy (non-hydrogen) atoms. The zero-order valence-corrected chi connectivity index (χ0v) is 14.2. The number of aromatic nitrogens is 3. The highest BCUT2D eigenvalue weighted by Crippen LogP contribution is 2.34. The number of hydrogen-bond acceptors (Lipinski definition) is 3. The van der Waals surface area contributed by atoms with Crippen LogP contribution in [0.2, 0.25) is 0 Å². The molecule has 1 aliphatic carbocycles. The maximum Gasteiger partial charge on any atom is 0.223 e. The van der Waals surface area contributed by atoms with Gasteiger partial charge in [0.05, 0.1) is 6.04 Å². The Morgan fingerprint density at radius 2 is 1.91 bits per heavy atom. The molecule has 126 valence electrons. The van der Waals surface area contributed by atoms with Crippen LogP contribution >= 0.6 is 0 Å². The van der Waals surface area contributed by atoms with Gasteiger partial charge in [-0.1, -0.05) is 19.8 Å². The Balaban J connectivity index is 1.52. The smallest absolute Gasteiger partial charge is 0.223 e. The average Bonchev–Trinajstić information content (AvgIpc) is 3.21. The van der Waals surface area contributed by atoms with Crippen LogP contribution in [0.25, 0.3) is 0 Å². The second kappa shape index (κ2) is 6.25. The van der Waals surface area contributed by atoms with E-state index in [4.69, 9.17) is 0 Å². The van der Waals surface area contributed by atoms with Crippen molar-refractivity contribution in [1.82, 2.24) is 19.7 Å². The standard InChI is InChI=1S/C18H28N4O/c1-2-5-16-19-20-17-11-14-8-9-15(12-21(16)17)22(14)18(23)10-13-6-3-4-7-13/h13-15H,2-12H2,1H3/t14-,15+/m0/s1. The topological polar surface area (TPSA) is 51.0 Å². The minimum atomic E-state index is 0.355. The van der Waals surface area contributed by atoms with Crippen molar-refractivity contribution in [2.24, 2.45) is 5.92 Å². The van der Waals surface area contributed by atoms with Crippen LogP contribution in [0.15, 0.2) is 0 Å². The quantitative estimate of drug-likeness (QED) is 0.858. The summed E-state index contributed by atoms with van der Waals surface area (Å²) in [4.78, 5) is 15.2. The first kappa shape index (κ1) is 15.2. The van der Waals surface area contributed by atoms with Gasteiger partial charge in [0.2, 0.25) is 5.91 Å². The number of carbonyl (C=O) groups is 1. The summed E-state index contributed by atoms with van der Waals surface area (Å²) in [5.41, 5.74) is 0. The Labute approximate surface area is 138 Å². The molecule has 1 amide bonds. The molecule has 5 nitrogen and oxygen atoms in total. The molecule has 0 N–H and O–H groups in total. The summed E-state index contributed by atoms with van der Waals surface area (Å²) >= 11 is 0. The van der Waals surface area contributed by atoms with Gasteiger partial charge in [-0.05, 0) is 38.0 Å². The van der Waals surface area contributed by atoms with Crippen LogP contribution in [0.3, 0.4) is 0 Å². The van der Waals surface area contributed by atoms with Crippen LogP contribution in [-0.2, 0) is 24.2 Å². The summed E-state index contributed by atoms with van der Waals surface area (Å²) in [5.74, 6) is 3.25. The van der Waals surface area contributed by atoms with E-state index in [0.29, 0.717) is 23.9 Å². The van der Waals surface area contributed by atoms with Gasteiger partial charge in [0.15, 0.2) is 0 Å². The van der Waals surface area contributed by atoms with Gasteiger partial charge in [-0.15, -0.1) is 10.2 Å². The predicted octanol–water partition coefficient (Wildman–Crippen LogP) is 2.73. The molecule has 0 spiro atoms. The molecular formula is C18H28N4O. The minimum Gasteiger partial charge on any atom is -0.334 e. The molecule has 5 heteroatoms. The van der Waals surface area contributed by atoms with E-state index in [2.05, 4.69) is 26.6 Å². The predicted molar refractivity (Wildman–Crippen MR) is 88.0 cm³/mol. The first-order valence-corrected chi connectivity index (χ1v) is 9.48. The molecule has 3 aliphatic rings. The molecule has 1 saturated carbocycles. The lowest BCUT2D eigenvalue weighted by Crippen LogP contribution is -2.42. The van der Waals surface area contributed by atoms with E-state index >= 15 is 0 Å². The van der Waals surface area contributed by atoms with Crippen molar-refractivity contribution in [2.75, 3.05) is 0 Å². The van der Waals surface area contributed by atoms with Crippen LogP contribution in [0.4, 0.5) is 0 Å². The molecule has 1 aromatic rings. The fourth-order valence-electron chi connectivity index (χ4n) is 4.88. The summed E-state index contributed by atoms with van der Waals surface area (Å²) in [6, 6.07) is 0.718. The highest BCUT2D eigenvalue weighted by molar-refractivity contribution is 5.77. The summed E-state index contributed by atoms with van der Waals surface area (Å²) in [6.45, 7) is 3.09. The number of fused-ring (bicyclic) bond motifs is 3. The lowest BCUT2D eigenvalue weighted by atomic mass is 10.0. The molecule has 3 heterocycles. The third-order valence-corrected chi connectivity index (χ3v) is 6.04. The number of carbonyl (C=O) groups excluding carboxylic acids is 1. The first-order valence-electron chi connectivity index (χ1n) is 9.48. The lowest BCUT2D eigenvalue weighted by Gasteiger charge is -2.29. The Hall–Kier alpha value is -1.39. The molecule has 2 aliphatic heterocycles. The SMILES string of the molecule is CCCc1nnc2n1C[C@H]1CC[C@@H](C2)N1C(=O)CC1CCCC1. The van der Waals surface area contributed by atoms with Gasteiger partial charge in [0.1, 0.15) is 11.6 Å². The van der Waals surface area contributed by atoms with Gasteiger partial charge in [-0.3, -0.25) is 4.79 Å². The van der Waals surface area contributed by atoms with Crippen LogP contribution in [0, 0.1) is 5.92 Å². The Morgan fingerprint density at radius 3 is 2.70 bits per heavy atom. The van der Waals surface area contributed by atoms with E-state index in [1.165, 1.54) is 25.7 Å². The Kier molecular flexibility index (Phi) is 4.12. The van der Waals surface area contributed by atoms with E-state index in [-0.39, 0.29) is 0 Å². The number of hydrogen-bond donors (Lipinski definition) is 0. The van der Waals surface area contributed by atoms with E-state index in [1.807, 2.05) is 0 Å². The number of rotatable bonds is 4. The van der Waals surface area contributed by atoms with Crippen LogP contribution < -0.4 is 0 Å². The number of nitrogens with zero attached hydrogens (tertiary/aromatic N) is 4. The van der Waals surface area contributed by atoms with Crippen molar-refractivity contribution in [3.05, 3.63) is 11.6 Å². The van der Waals surface area contributed by atoms with Gasteiger partial charge in [0, 0.05) is 31.8 Å². The van der Waals surface area contributed by atoms with Gasteiger partial charge in [0.25, 0.3) is 0 Å². The Bertz CT molecular complexity index is 576. The average molecular weight is 316 g/mol. The van der Waals surface area contributed by atoms with Crippen LogP contribution in [0.1, 0.15) is 69.9 Å². The third-order valence-electron chi connectivity index (χ3n) is 6.04. The minimum absolute atomic E-state index is 0.355. The highest BCUT2D eigenvalue weighted by Gasteiger charge is 2.41. The molecule has 0 unspecified atom stereocenters. The van der Waals surface area contributed by atoms with E-state index in [0.717, 1.165) is 56.7 Å². The molecule has 2 bridgehead atoms. The highest BCUT2D eigenvalue weighted by atomic mass is 16.2.